The van der Waals surface area contributed by atoms with Gasteiger partial charge in [-0.2, -0.15) is 16.3 Å². The van der Waals surface area contributed by atoms with Gasteiger partial charge in [0.25, 0.3) is 0 Å². The number of hydrogen-bond acceptors (Lipinski definition) is 6. The van der Waals surface area contributed by atoms with E-state index in [0.29, 0.717) is 18.1 Å². The lowest BCUT2D eigenvalue weighted by atomic mass is 10.2. The Hall–Kier alpha value is -3.19. The molecule has 0 saturated carbocycles. The largest absolute Gasteiger partial charge is 0.462 e. The van der Waals surface area contributed by atoms with Crippen LogP contribution in [0.4, 0.5) is 11.6 Å². The molecule has 0 atom stereocenters. The minimum atomic E-state index is -0.326. The summed E-state index contributed by atoms with van der Waals surface area (Å²) < 4.78 is 7.10. The van der Waals surface area contributed by atoms with Gasteiger partial charge in [0.2, 0.25) is 5.95 Å². The van der Waals surface area contributed by atoms with Crippen LogP contribution in [0.5, 0.6) is 0 Å². The summed E-state index contributed by atoms with van der Waals surface area (Å²) >= 11 is 1.69. The summed E-state index contributed by atoms with van der Waals surface area (Å²) in [5.74, 6) is 0.185. The highest BCUT2D eigenvalue weighted by Gasteiger charge is 2.08. The SMILES string of the molecule is C.CCOC(=O)c1ccc(Nc2ncc3ccn(Cc4ccsc4)c3n2)cc1. The lowest BCUT2D eigenvalue weighted by molar-refractivity contribution is 0.0526. The summed E-state index contributed by atoms with van der Waals surface area (Å²) in [4.78, 5) is 20.8. The lowest BCUT2D eigenvalue weighted by Gasteiger charge is -2.08. The van der Waals surface area contributed by atoms with Crippen LogP contribution in [0.3, 0.4) is 0 Å². The van der Waals surface area contributed by atoms with Gasteiger partial charge in [0, 0.05) is 30.0 Å². The van der Waals surface area contributed by atoms with Crippen LogP contribution in [0.1, 0.15) is 30.3 Å². The molecule has 3 heterocycles. The fraction of sp³-hybridized carbons (Fsp3) is 0.190. The minimum absolute atomic E-state index is 0. The number of nitrogens with zero attached hydrogens (tertiary/aromatic N) is 3. The molecular formula is C21H22N4O2S. The van der Waals surface area contributed by atoms with Crippen LogP contribution in [0, 0.1) is 0 Å². The van der Waals surface area contributed by atoms with E-state index in [4.69, 9.17) is 4.74 Å². The second-order valence-electron chi connectivity index (χ2n) is 5.97. The Bertz CT molecular complexity index is 1060. The van der Waals surface area contributed by atoms with E-state index in [9.17, 15) is 4.79 Å². The summed E-state index contributed by atoms with van der Waals surface area (Å²) in [6.07, 6.45) is 3.83. The summed E-state index contributed by atoms with van der Waals surface area (Å²) in [5, 5.41) is 8.39. The number of benzene rings is 1. The van der Waals surface area contributed by atoms with E-state index in [-0.39, 0.29) is 13.4 Å². The molecule has 0 radical (unpaired) electrons. The molecule has 0 aliphatic carbocycles. The van der Waals surface area contributed by atoms with Gasteiger partial charge in [-0.25, -0.2) is 9.78 Å². The van der Waals surface area contributed by atoms with Crippen molar-refractivity contribution in [3.05, 3.63) is 70.7 Å². The van der Waals surface area contributed by atoms with Crippen LogP contribution < -0.4 is 5.32 Å². The standard InChI is InChI=1S/C20H18N4O2S.CH4/c1-2-26-19(25)15-3-5-17(6-4-15)22-20-21-11-16-7-9-24(18(16)23-20)12-14-8-10-27-13-14;/h3-11,13H,2,12H2,1H3,(H,21,22,23);1H4. The molecule has 0 unspecified atom stereocenters. The number of fused-ring (bicyclic) bond motifs is 1. The van der Waals surface area contributed by atoms with Crippen LogP contribution in [0.15, 0.2) is 59.6 Å². The summed E-state index contributed by atoms with van der Waals surface area (Å²) in [7, 11) is 0. The van der Waals surface area contributed by atoms with E-state index in [1.165, 1.54) is 5.56 Å². The number of hydrogen-bond donors (Lipinski definition) is 1. The smallest absolute Gasteiger partial charge is 0.338 e. The number of thiophene rings is 1. The fourth-order valence-corrected chi connectivity index (χ4v) is 3.43. The summed E-state index contributed by atoms with van der Waals surface area (Å²) in [5.41, 5.74) is 3.45. The Kier molecular flexibility index (Phi) is 6.06. The number of ether oxygens (including phenoxy) is 1. The van der Waals surface area contributed by atoms with Crippen LogP contribution in [0.2, 0.25) is 0 Å². The van der Waals surface area contributed by atoms with Crippen molar-refractivity contribution in [1.29, 1.82) is 0 Å². The minimum Gasteiger partial charge on any atom is -0.462 e. The number of esters is 1. The molecule has 7 heteroatoms. The van der Waals surface area contributed by atoms with E-state index >= 15 is 0 Å². The van der Waals surface area contributed by atoms with Crippen LogP contribution in [0.25, 0.3) is 11.0 Å². The molecule has 3 aromatic heterocycles. The molecule has 0 fully saturated rings. The van der Waals surface area contributed by atoms with Gasteiger partial charge in [-0.1, -0.05) is 7.43 Å². The number of carbonyl (C=O) groups excluding carboxylic acids is 1. The first-order valence-electron chi connectivity index (χ1n) is 8.60. The van der Waals surface area contributed by atoms with Crippen molar-refractivity contribution in [3.8, 4) is 0 Å². The average molecular weight is 395 g/mol. The van der Waals surface area contributed by atoms with Crippen LogP contribution in [-0.2, 0) is 11.3 Å². The third-order valence-corrected chi connectivity index (χ3v) is 4.82. The monoisotopic (exact) mass is 394 g/mol. The Morgan fingerprint density at radius 2 is 2.04 bits per heavy atom. The molecule has 0 aliphatic rings. The highest BCUT2D eigenvalue weighted by atomic mass is 32.1. The molecule has 4 aromatic rings. The maximum Gasteiger partial charge on any atom is 0.338 e. The van der Waals surface area contributed by atoms with Crippen molar-refractivity contribution >= 4 is 40.0 Å². The topological polar surface area (TPSA) is 69.0 Å². The molecule has 6 nitrogen and oxygen atoms in total. The Morgan fingerprint density at radius 3 is 2.75 bits per heavy atom. The molecule has 0 bridgehead atoms. The number of nitrogens with one attached hydrogen (secondary N) is 1. The zero-order chi connectivity index (χ0) is 18.6. The maximum atomic E-state index is 11.7. The highest BCUT2D eigenvalue weighted by Crippen LogP contribution is 2.20. The van der Waals surface area contributed by atoms with Crippen LogP contribution in [-0.4, -0.2) is 27.1 Å². The predicted octanol–water partition coefficient (Wildman–Crippen LogP) is 5.10. The molecule has 0 amide bonds. The maximum absolute atomic E-state index is 11.7. The quantitative estimate of drug-likeness (QED) is 0.461. The summed E-state index contributed by atoms with van der Waals surface area (Å²) in [6, 6.07) is 11.2. The van der Waals surface area contributed by atoms with E-state index in [1.54, 1.807) is 30.4 Å². The van der Waals surface area contributed by atoms with Crippen molar-refractivity contribution < 1.29 is 9.53 Å². The molecule has 1 N–H and O–H groups in total. The molecule has 144 valence electrons. The first kappa shape index (κ1) is 19.6. The van der Waals surface area contributed by atoms with Gasteiger partial charge in [-0.3, -0.25) is 0 Å². The van der Waals surface area contributed by atoms with Gasteiger partial charge in [-0.05, 0) is 59.6 Å². The lowest BCUT2D eigenvalue weighted by Crippen LogP contribution is -2.05. The van der Waals surface area contributed by atoms with E-state index in [2.05, 4.69) is 36.7 Å². The zero-order valence-corrected chi connectivity index (χ0v) is 15.6. The number of carbonyl (C=O) groups is 1. The van der Waals surface area contributed by atoms with E-state index in [1.807, 2.05) is 30.6 Å². The van der Waals surface area contributed by atoms with Crippen LogP contribution >= 0.6 is 11.3 Å². The van der Waals surface area contributed by atoms with Gasteiger partial charge in [-0.15, -0.1) is 0 Å². The van der Waals surface area contributed by atoms with Gasteiger partial charge >= 0.3 is 5.97 Å². The Balaban J connectivity index is 0.00000225. The van der Waals surface area contributed by atoms with Crippen molar-refractivity contribution in [2.24, 2.45) is 0 Å². The normalized spacial score (nSPS) is 10.5. The first-order valence-corrected chi connectivity index (χ1v) is 9.54. The molecule has 1 aromatic carbocycles. The molecule has 28 heavy (non-hydrogen) atoms. The molecular weight excluding hydrogens is 372 g/mol. The Labute approximate surface area is 167 Å². The van der Waals surface area contributed by atoms with Gasteiger partial charge in [0.15, 0.2) is 0 Å². The van der Waals surface area contributed by atoms with Crippen molar-refractivity contribution in [3.63, 3.8) is 0 Å². The number of rotatable bonds is 6. The highest BCUT2D eigenvalue weighted by molar-refractivity contribution is 7.07. The van der Waals surface area contributed by atoms with E-state index in [0.717, 1.165) is 23.3 Å². The first-order chi connectivity index (χ1) is 13.2. The molecule has 0 aliphatic heterocycles. The molecule has 4 rings (SSSR count). The van der Waals surface area contributed by atoms with Gasteiger partial charge < -0.3 is 14.6 Å². The molecule has 0 spiro atoms. The summed E-state index contributed by atoms with van der Waals surface area (Å²) in [6.45, 7) is 2.92. The van der Waals surface area contributed by atoms with E-state index < -0.39 is 0 Å². The van der Waals surface area contributed by atoms with Gasteiger partial charge in [0.05, 0.1) is 12.2 Å². The molecule has 0 saturated heterocycles. The third kappa shape index (κ3) is 4.20. The zero-order valence-electron chi connectivity index (χ0n) is 14.8. The number of aromatic nitrogens is 3. The average Bonchev–Trinajstić information content (AvgIpc) is 3.33. The van der Waals surface area contributed by atoms with Crippen molar-refractivity contribution in [2.45, 2.75) is 20.9 Å². The van der Waals surface area contributed by atoms with Crippen molar-refractivity contribution in [1.82, 2.24) is 14.5 Å². The fourth-order valence-electron chi connectivity index (χ4n) is 2.77. The third-order valence-electron chi connectivity index (χ3n) is 4.09. The second-order valence-corrected chi connectivity index (χ2v) is 6.75. The van der Waals surface area contributed by atoms with Crippen molar-refractivity contribution in [2.75, 3.05) is 11.9 Å². The Morgan fingerprint density at radius 1 is 1.21 bits per heavy atom. The van der Waals surface area contributed by atoms with Gasteiger partial charge in [0.1, 0.15) is 5.65 Å². The number of anilines is 2. The predicted molar refractivity (Wildman–Crippen MR) is 113 cm³/mol. The second kappa shape index (κ2) is 8.67.